The molecule has 3 aromatic rings. The molecule has 0 spiro atoms. The van der Waals surface area contributed by atoms with Crippen LogP contribution in [0.25, 0.3) is 17.1 Å². The molecule has 0 saturated carbocycles. The molecule has 21 heavy (non-hydrogen) atoms. The second kappa shape index (κ2) is 5.84. The minimum absolute atomic E-state index is 0.0440. The van der Waals surface area contributed by atoms with Gasteiger partial charge in [0.15, 0.2) is 11.6 Å². The number of benzene rings is 2. The predicted molar refractivity (Wildman–Crippen MR) is 81.3 cm³/mol. The van der Waals surface area contributed by atoms with E-state index in [-0.39, 0.29) is 10.9 Å². The van der Waals surface area contributed by atoms with Gasteiger partial charge in [-0.1, -0.05) is 29.8 Å². The third-order valence-corrected chi connectivity index (χ3v) is 3.57. The van der Waals surface area contributed by atoms with E-state index in [0.717, 1.165) is 5.69 Å². The lowest BCUT2D eigenvalue weighted by Crippen LogP contribution is -2.01. The zero-order valence-corrected chi connectivity index (χ0v) is 12.3. The molecule has 0 fully saturated rings. The third-order valence-electron chi connectivity index (χ3n) is 3.04. The highest BCUT2D eigenvalue weighted by Crippen LogP contribution is 2.27. The van der Waals surface area contributed by atoms with Crippen LogP contribution in [0.1, 0.15) is 5.82 Å². The molecule has 0 N–H and O–H groups in total. The van der Waals surface area contributed by atoms with E-state index in [9.17, 15) is 4.39 Å². The first-order valence-corrected chi connectivity index (χ1v) is 7.13. The van der Waals surface area contributed by atoms with Gasteiger partial charge >= 0.3 is 0 Å². The topological polar surface area (TPSA) is 30.7 Å². The van der Waals surface area contributed by atoms with Crippen LogP contribution in [0.3, 0.4) is 0 Å². The summed E-state index contributed by atoms with van der Waals surface area (Å²) in [6, 6.07) is 14.0. The third kappa shape index (κ3) is 2.64. The monoisotopic (exact) mass is 321 g/mol. The molecule has 0 aliphatic heterocycles. The molecule has 0 radical (unpaired) electrons. The van der Waals surface area contributed by atoms with Crippen molar-refractivity contribution in [2.45, 2.75) is 5.88 Å². The summed E-state index contributed by atoms with van der Waals surface area (Å²) in [5, 5.41) is 8.28. The van der Waals surface area contributed by atoms with Crippen LogP contribution in [0.15, 0.2) is 48.5 Å². The molecule has 1 aromatic heterocycles. The highest BCUT2D eigenvalue weighted by molar-refractivity contribution is 6.31. The second-order valence-corrected chi connectivity index (χ2v) is 5.05. The van der Waals surface area contributed by atoms with E-state index < -0.39 is 5.82 Å². The molecule has 1 heterocycles. The van der Waals surface area contributed by atoms with E-state index >= 15 is 0 Å². The van der Waals surface area contributed by atoms with Gasteiger partial charge in [0.25, 0.3) is 0 Å². The summed E-state index contributed by atoms with van der Waals surface area (Å²) in [6.07, 6.45) is 0. The lowest BCUT2D eigenvalue weighted by molar-refractivity contribution is 0.628. The Bertz CT molecular complexity index is 772. The first-order valence-electron chi connectivity index (χ1n) is 6.22. The average Bonchev–Trinajstić information content (AvgIpc) is 2.95. The molecular formula is C15H10Cl2FN3. The summed E-state index contributed by atoms with van der Waals surface area (Å²) in [6.45, 7) is 0. The first-order chi connectivity index (χ1) is 10.2. The molecule has 0 aliphatic carbocycles. The Hall–Kier alpha value is -1.91. The second-order valence-electron chi connectivity index (χ2n) is 4.37. The number of para-hydroxylation sites is 1. The molecule has 0 bridgehead atoms. The minimum atomic E-state index is -0.469. The van der Waals surface area contributed by atoms with Crippen molar-refractivity contribution in [3.63, 3.8) is 0 Å². The number of aromatic nitrogens is 3. The largest absolute Gasteiger partial charge is 0.278 e. The van der Waals surface area contributed by atoms with E-state index in [1.165, 1.54) is 12.1 Å². The standard InChI is InChI=1S/C15H10Cl2FN3/c16-9-14-19-20-15(10-6-7-13(18)12(17)8-10)21(14)11-4-2-1-3-5-11/h1-8H,9H2. The molecule has 3 rings (SSSR count). The van der Waals surface area contributed by atoms with Crippen LogP contribution in [0.2, 0.25) is 5.02 Å². The molecule has 0 amide bonds. The van der Waals surface area contributed by atoms with E-state index in [1.54, 1.807) is 6.07 Å². The molecule has 0 atom stereocenters. The van der Waals surface area contributed by atoms with Crippen molar-refractivity contribution in [3.05, 3.63) is 65.2 Å². The van der Waals surface area contributed by atoms with Crippen molar-refractivity contribution in [1.29, 1.82) is 0 Å². The van der Waals surface area contributed by atoms with Crippen LogP contribution in [-0.4, -0.2) is 14.8 Å². The highest BCUT2D eigenvalue weighted by atomic mass is 35.5. The Balaban J connectivity index is 2.20. The zero-order chi connectivity index (χ0) is 14.8. The fourth-order valence-corrected chi connectivity index (χ4v) is 2.43. The smallest absolute Gasteiger partial charge is 0.168 e. The number of hydrogen-bond donors (Lipinski definition) is 0. The Morgan fingerprint density at radius 1 is 1.05 bits per heavy atom. The number of halogens is 3. The van der Waals surface area contributed by atoms with Gasteiger partial charge in [-0.05, 0) is 30.3 Å². The number of hydrogen-bond acceptors (Lipinski definition) is 2. The van der Waals surface area contributed by atoms with Gasteiger partial charge in [0.1, 0.15) is 5.82 Å². The molecule has 0 saturated heterocycles. The summed E-state index contributed by atoms with van der Waals surface area (Å²) >= 11 is 11.8. The average molecular weight is 322 g/mol. The van der Waals surface area contributed by atoms with Crippen LogP contribution in [-0.2, 0) is 5.88 Å². The quantitative estimate of drug-likeness (QED) is 0.666. The lowest BCUT2D eigenvalue weighted by atomic mass is 10.2. The minimum Gasteiger partial charge on any atom is -0.278 e. The van der Waals surface area contributed by atoms with Crippen molar-refractivity contribution in [2.75, 3.05) is 0 Å². The molecule has 3 nitrogen and oxygen atoms in total. The summed E-state index contributed by atoms with van der Waals surface area (Å²) < 4.78 is 15.1. The maximum atomic E-state index is 13.3. The molecule has 0 unspecified atom stereocenters. The SMILES string of the molecule is Fc1ccc(-c2nnc(CCl)n2-c2ccccc2)cc1Cl. The number of rotatable bonds is 3. The van der Waals surface area contributed by atoms with Crippen LogP contribution in [0.5, 0.6) is 0 Å². The Morgan fingerprint density at radius 2 is 1.81 bits per heavy atom. The van der Waals surface area contributed by atoms with Crippen molar-refractivity contribution in [2.24, 2.45) is 0 Å². The highest BCUT2D eigenvalue weighted by Gasteiger charge is 2.15. The molecule has 2 aromatic carbocycles. The van der Waals surface area contributed by atoms with Gasteiger partial charge in [0.2, 0.25) is 0 Å². The van der Waals surface area contributed by atoms with Crippen LogP contribution in [0, 0.1) is 5.82 Å². The van der Waals surface area contributed by atoms with Crippen LogP contribution >= 0.6 is 23.2 Å². The van der Waals surface area contributed by atoms with Crippen molar-refractivity contribution in [1.82, 2.24) is 14.8 Å². The van der Waals surface area contributed by atoms with Gasteiger partial charge < -0.3 is 0 Å². The van der Waals surface area contributed by atoms with Gasteiger partial charge in [-0.2, -0.15) is 0 Å². The van der Waals surface area contributed by atoms with E-state index in [1.807, 2.05) is 34.9 Å². The van der Waals surface area contributed by atoms with Crippen LogP contribution < -0.4 is 0 Å². The van der Waals surface area contributed by atoms with Gasteiger partial charge in [-0.15, -0.1) is 21.8 Å². The Labute approximate surface area is 131 Å². The summed E-state index contributed by atoms with van der Waals surface area (Å²) in [7, 11) is 0. The maximum Gasteiger partial charge on any atom is 0.168 e. The van der Waals surface area contributed by atoms with Crippen molar-refractivity contribution < 1.29 is 4.39 Å². The number of alkyl halides is 1. The van der Waals surface area contributed by atoms with E-state index in [4.69, 9.17) is 23.2 Å². The van der Waals surface area contributed by atoms with E-state index in [0.29, 0.717) is 17.2 Å². The van der Waals surface area contributed by atoms with E-state index in [2.05, 4.69) is 10.2 Å². The normalized spacial score (nSPS) is 10.8. The Kier molecular flexibility index (Phi) is 3.90. The van der Waals surface area contributed by atoms with Crippen molar-refractivity contribution >= 4 is 23.2 Å². The Morgan fingerprint density at radius 3 is 2.48 bits per heavy atom. The molecular weight excluding hydrogens is 312 g/mol. The van der Waals surface area contributed by atoms with Crippen molar-refractivity contribution in [3.8, 4) is 17.1 Å². The first kappa shape index (κ1) is 14.0. The molecule has 106 valence electrons. The fraction of sp³-hybridized carbons (Fsp3) is 0.0667. The van der Waals surface area contributed by atoms with Gasteiger partial charge in [-0.25, -0.2) is 4.39 Å². The summed E-state index contributed by atoms with van der Waals surface area (Å²) in [5.74, 6) is 0.928. The fourth-order valence-electron chi connectivity index (χ4n) is 2.07. The molecule has 6 heteroatoms. The zero-order valence-electron chi connectivity index (χ0n) is 10.8. The molecule has 0 aliphatic rings. The van der Waals surface area contributed by atoms with Crippen LogP contribution in [0.4, 0.5) is 4.39 Å². The summed E-state index contributed by atoms with van der Waals surface area (Å²) in [5.41, 5.74) is 1.56. The van der Waals surface area contributed by atoms with Gasteiger partial charge in [-0.3, -0.25) is 4.57 Å². The number of nitrogens with zero attached hydrogens (tertiary/aromatic N) is 3. The maximum absolute atomic E-state index is 13.3. The predicted octanol–water partition coefficient (Wildman–Crippen LogP) is 4.47. The van der Waals surface area contributed by atoms with Gasteiger partial charge in [0.05, 0.1) is 10.9 Å². The summed E-state index contributed by atoms with van der Waals surface area (Å²) in [4.78, 5) is 0. The lowest BCUT2D eigenvalue weighted by Gasteiger charge is -2.09. The van der Waals surface area contributed by atoms with Gasteiger partial charge in [0, 0.05) is 11.3 Å².